The lowest BCUT2D eigenvalue weighted by molar-refractivity contribution is 0.669. The Balaban J connectivity index is 1.20. The molecule has 2 heterocycles. The molecule has 0 spiro atoms. The highest BCUT2D eigenvalue weighted by atomic mass is 16.3. The Morgan fingerprint density at radius 1 is 0.306 bits per heavy atom. The Morgan fingerprint density at radius 3 is 1.57 bits per heavy atom. The van der Waals surface area contributed by atoms with Crippen molar-refractivity contribution in [3.63, 3.8) is 0 Å². The van der Waals surface area contributed by atoms with Crippen LogP contribution in [0.5, 0.6) is 0 Å². The molecule has 3 heteroatoms. The standard InChI is InChI=1S/C46H29NO2/c1-3-11-30(12-4-1)37-23-21-35(28-41(37)31-13-5-2-6-14-31)47(36-22-24-40-38-15-7-9-17-43(38)49-46(40)29-36)34-20-19-32-26-42-39-16-8-10-18-44(39)48-45(42)27-33(32)25-34/h1-29H. The first-order valence-electron chi connectivity index (χ1n) is 16.6. The lowest BCUT2D eigenvalue weighted by atomic mass is 9.93. The first kappa shape index (κ1) is 27.5. The number of benzene rings is 8. The molecule has 8 aromatic carbocycles. The van der Waals surface area contributed by atoms with Gasteiger partial charge in [0, 0.05) is 44.7 Å². The second-order valence-corrected chi connectivity index (χ2v) is 12.6. The number of rotatable bonds is 5. The van der Waals surface area contributed by atoms with Crippen molar-refractivity contribution in [1.29, 1.82) is 0 Å². The third-order valence-electron chi connectivity index (χ3n) is 9.63. The van der Waals surface area contributed by atoms with Crippen LogP contribution in [0.3, 0.4) is 0 Å². The molecular formula is C46H29NO2. The summed E-state index contributed by atoms with van der Waals surface area (Å²) in [6.45, 7) is 0. The van der Waals surface area contributed by atoms with E-state index in [1.165, 1.54) is 27.6 Å². The molecule has 0 radical (unpaired) electrons. The summed E-state index contributed by atoms with van der Waals surface area (Å²) in [6.07, 6.45) is 0. The van der Waals surface area contributed by atoms with E-state index in [-0.39, 0.29) is 0 Å². The Hall–Kier alpha value is -6.58. The number of nitrogens with zero attached hydrogens (tertiary/aromatic N) is 1. The van der Waals surface area contributed by atoms with Crippen LogP contribution in [0.1, 0.15) is 0 Å². The average molecular weight is 628 g/mol. The lowest BCUT2D eigenvalue weighted by Crippen LogP contribution is -2.10. The molecule has 0 aliphatic carbocycles. The topological polar surface area (TPSA) is 29.5 Å². The predicted octanol–water partition coefficient (Wildman–Crippen LogP) is 13.4. The molecule has 49 heavy (non-hydrogen) atoms. The van der Waals surface area contributed by atoms with Crippen LogP contribution in [-0.2, 0) is 0 Å². The van der Waals surface area contributed by atoms with Gasteiger partial charge in [0.25, 0.3) is 0 Å². The van der Waals surface area contributed by atoms with E-state index in [4.69, 9.17) is 8.83 Å². The molecule has 0 bridgehead atoms. The fourth-order valence-corrected chi connectivity index (χ4v) is 7.29. The second kappa shape index (κ2) is 11.0. The minimum absolute atomic E-state index is 0.859. The van der Waals surface area contributed by atoms with Crippen molar-refractivity contribution in [2.75, 3.05) is 4.90 Å². The third-order valence-corrected chi connectivity index (χ3v) is 9.63. The average Bonchev–Trinajstić information content (AvgIpc) is 3.72. The summed E-state index contributed by atoms with van der Waals surface area (Å²) < 4.78 is 12.7. The summed E-state index contributed by atoms with van der Waals surface area (Å²) in [5.41, 5.74) is 11.4. The van der Waals surface area contributed by atoms with E-state index < -0.39 is 0 Å². The molecule has 0 fully saturated rings. The molecule has 0 atom stereocenters. The predicted molar refractivity (Wildman–Crippen MR) is 204 cm³/mol. The Labute approximate surface area is 282 Å². The minimum Gasteiger partial charge on any atom is -0.456 e. The molecule has 0 aliphatic heterocycles. The summed E-state index contributed by atoms with van der Waals surface area (Å²) in [5, 5.41) is 6.77. The van der Waals surface area contributed by atoms with Crippen LogP contribution in [0.2, 0.25) is 0 Å². The van der Waals surface area contributed by atoms with E-state index >= 15 is 0 Å². The van der Waals surface area contributed by atoms with Gasteiger partial charge in [0.1, 0.15) is 22.3 Å². The second-order valence-electron chi connectivity index (χ2n) is 12.6. The van der Waals surface area contributed by atoms with Crippen LogP contribution < -0.4 is 4.90 Å². The summed E-state index contributed by atoms with van der Waals surface area (Å²) >= 11 is 0. The summed E-state index contributed by atoms with van der Waals surface area (Å²) in [6, 6.07) is 62.2. The van der Waals surface area contributed by atoms with Gasteiger partial charge in [0.2, 0.25) is 0 Å². The van der Waals surface area contributed by atoms with Crippen LogP contribution >= 0.6 is 0 Å². The Kier molecular flexibility index (Phi) is 6.18. The molecule has 10 aromatic rings. The number of hydrogen-bond donors (Lipinski definition) is 0. The van der Waals surface area contributed by atoms with Crippen molar-refractivity contribution in [3.8, 4) is 22.3 Å². The fraction of sp³-hybridized carbons (Fsp3) is 0. The van der Waals surface area contributed by atoms with Gasteiger partial charge in [-0.15, -0.1) is 0 Å². The monoisotopic (exact) mass is 627 g/mol. The van der Waals surface area contributed by atoms with Gasteiger partial charge in [-0.2, -0.15) is 0 Å². The first-order chi connectivity index (χ1) is 24.3. The van der Waals surface area contributed by atoms with E-state index in [1.54, 1.807) is 0 Å². The largest absolute Gasteiger partial charge is 0.456 e. The maximum Gasteiger partial charge on any atom is 0.137 e. The van der Waals surface area contributed by atoms with Gasteiger partial charge in [-0.05, 0) is 93.7 Å². The van der Waals surface area contributed by atoms with Crippen molar-refractivity contribution in [3.05, 3.63) is 176 Å². The third kappa shape index (κ3) is 4.59. The van der Waals surface area contributed by atoms with Gasteiger partial charge in [-0.25, -0.2) is 0 Å². The quantitative estimate of drug-likeness (QED) is 0.190. The van der Waals surface area contributed by atoms with Gasteiger partial charge in [0.15, 0.2) is 0 Å². The molecule has 230 valence electrons. The van der Waals surface area contributed by atoms with Crippen LogP contribution in [0, 0.1) is 0 Å². The molecule has 0 saturated heterocycles. The van der Waals surface area contributed by atoms with E-state index in [9.17, 15) is 0 Å². The van der Waals surface area contributed by atoms with Gasteiger partial charge < -0.3 is 13.7 Å². The zero-order valence-corrected chi connectivity index (χ0v) is 26.5. The normalized spacial score (nSPS) is 11.7. The van der Waals surface area contributed by atoms with Crippen LogP contribution in [0.15, 0.2) is 185 Å². The number of hydrogen-bond acceptors (Lipinski definition) is 3. The maximum atomic E-state index is 6.39. The Morgan fingerprint density at radius 2 is 0.837 bits per heavy atom. The molecule has 0 unspecified atom stereocenters. The van der Waals surface area contributed by atoms with E-state index in [0.717, 1.165) is 66.3 Å². The highest BCUT2D eigenvalue weighted by Gasteiger charge is 2.19. The van der Waals surface area contributed by atoms with Crippen molar-refractivity contribution < 1.29 is 8.83 Å². The molecule has 0 N–H and O–H groups in total. The molecule has 10 rings (SSSR count). The lowest BCUT2D eigenvalue weighted by Gasteiger charge is -2.27. The van der Waals surface area contributed by atoms with E-state index in [0.29, 0.717) is 0 Å². The van der Waals surface area contributed by atoms with Gasteiger partial charge in [0.05, 0.1) is 0 Å². The van der Waals surface area contributed by atoms with Crippen LogP contribution in [0.4, 0.5) is 17.1 Å². The summed E-state index contributed by atoms with van der Waals surface area (Å²) in [5.74, 6) is 0. The highest BCUT2D eigenvalue weighted by molar-refractivity contribution is 6.11. The molecule has 2 aromatic heterocycles. The van der Waals surface area contributed by atoms with Crippen LogP contribution in [0.25, 0.3) is 76.9 Å². The first-order valence-corrected chi connectivity index (χ1v) is 16.6. The molecule has 0 aliphatic rings. The molecule has 0 amide bonds. The number of fused-ring (bicyclic) bond motifs is 7. The minimum atomic E-state index is 0.859. The zero-order valence-electron chi connectivity index (χ0n) is 26.5. The van der Waals surface area contributed by atoms with Crippen molar-refractivity contribution in [1.82, 2.24) is 0 Å². The zero-order chi connectivity index (χ0) is 32.3. The molecular weight excluding hydrogens is 599 g/mol. The van der Waals surface area contributed by atoms with Gasteiger partial charge >= 0.3 is 0 Å². The number of para-hydroxylation sites is 2. The van der Waals surface area contributed by atoms with Crippen molar-refractivity contribution in [2.45, 2.75) is 0 Å². The number of anilines is 3. The van der Waals surface area contributed by atoms with E-state index in [2.05, 4.69) is 157 Å². The van der Waals surface area contributed by atoms with Crippen molar-refractivity contribution in [2.24, 2.45) is 0 Å². The summed E-state index contributed by atoms with van der Waals surface area (Å²) in [4.78, 5) is 2.33. The SMILES string of the molecule is c1ccc(-c2ccc(N(c3ccc4cc5c(cc4c3)oc3ccccc35)c3ccc4c(c3)oc3ccccc34)cc2-c2ccccc2)cc1. The smallest absolute Gasteiger partial charge is 0.137 e. The number of furan rings is 2. The van der Waals surface area contributed by atoms with Gasteiger partial charge in [-0.1, -0.05) is 109 Å². The fourth-order valence-electron chi connectivity index (χ4n) is 7.29. The van der Waals surface area contributed by atoms with Crippen LogP contribution in [-0.4, -0.2) is 0 Å². The summed E-state index contributed by atoms with van der Waals surface area (Å²) in [7, 11) is 0. The van der Waals surface area contributed by atoms with E-state index in [1.807, 2.05) is 24.3 Å². The highest BCUT2D eigenvalue weighted by Crippen LogP contribution is 2.43. The Bertz CT molecular complexity index is 2830. The molecule has 3 nitrogen and oxygen atoms in total. The van der Waals surface area contributed by atoms with Gasteiger partial charge in [-0.3, -0.25) is 0 Å². The maximum absolute atomic E-state index is 6.39. The molecule has 0 saturated carbocycles. The van der Waals surface area contributed by atoms with Crippen molar-refractivity contribution >= 4 is 71.7 Å².